The number of carbonyl (C=O) groups is 1. The first-order valence-corrected chi connectivity index (χ1v) is 13.4. The molecule has 0 aromatic heterocycles. The minimum atomic E-state index is -0.813. The first-order valence-electron chi connectivity index (χ1n) is 13.4. The van der Waals surface area contributed by atoms with Gasteiger partial charge < -0.3 is 9.90 Å². The number of aliphatic carboxylic acids is 1. The van der Waals surface area contributed by atoms with E-state index in [1.54, 1.807) is 0 Å². The van der Waals surface area contributed by atoms with E-state index in [-0.39, 0.29) is 35.5 Å². The van der Waals surface area contributed by atoms with Gasteiger partial charge in [0.25, 0.3) is 0 Å². The van der Waals surface area contributed by atoms with Crippen LogP contribution in [0.1, 0.15) is 162 Å². The molecule has 3 heteroatoms. The molecule has 0 aliphatic heterocycles. The molecule has 0 N–H and O–H groups in total. The van der Waals surface area contributed by atoms with Gasteiger partial charge in [-0.05, 0) is 18.8 Å². The Morgan fingerprint density at radius 3 is 0.967 bits per heavy atom. The van der Waals surface area contributed by atoms with E-state index < -0.39 is 5.97 Å². The van der Waals surface area contributed by atoms with Gasteiger partial charge in [0.15, 0.2) is 0 Å². The Morgan fingerprint density at radius 1 is 0.500 bits per heavy atom. The van der Waals surface area contributed by atoms with Crippen molar-refractivity contribution < 1.29 is 39.5 Å². The van der Waals surface area contributed by atoms with Crippen LogP contribution < -0.4 is 34.7 Å². The average molecular weight is 433 g/mol. The number of carboxylic acid groups (broad SMARTS) is 1. The third-order valence-corrected chi connectivity index (χ3v) is 6.40. The summed E-state index contributed by atoms with van der Waals surface area (Å²) in [5, 5.41) is 11.4. The molecule has 2 nitrogen and oxygen atoms in total. The molecule has 0 rings (SSSR count). The monoisotopic (exact) mass is 432 g/mol. The molecular formula is C27H53NaO2. The summed E-state index contributed by atoms with van der Waals surface area (Å²) in [7, 11) is 0. The second-order valence-electron chi connectivity index (χ2n) is 9.31. The quantitative estimate of drug-likeness (QED) is 0.152. The molecule has 0 saturated heterocycles. The van der Waals surface area contributed by atoms with Gasteiger partial charge in [0.2, 0.25) is 0 Å². The van der Waals surface area contributed by atoms with E-state index in [2.05, 4.69) is 13.8 Å². The van der Waals surface area contributed by atoms with Crippen LogP contribution in [0, 0.1) is 5.92 Å². The van der Waals surface area contributed by atoms with Gasteiger partial charge in [0, 0.05) is 5.97 Å². The van der Waals surface area contributed by atoms with Gasteiger partial charge in [-0.3, -0.25) is 0 Å². The van der Waals surface area contributed by atoms with Crippen molar-refractivity contribution in [3.63, 3.8) is 0 Å². The van der Waals surface area contributed by atoms with E-state index in [1.165, 1.54) is 122 Å². The van der Waals surface area contributed by atoms with Crippen LogP contribution in [0.3, 0.4) is 0 Å². The summed E-state index contributed by atoms with van der Waals surface area (Å²) in [6, 6.07) is 0. The van der Waals surface area contributed by atoms with E-state index in [4.69, 9.17) is 0 Å². The number of hydrogen-bond acceptors (Lipinski definition) is 2. The molecule has 0 aromatic carbocycles. The van der Waals surface area contributed by atoms with Gasteiger partial charge in [-0.15, -0.1) is 0 Å². The van der Waals surface area contributed by atoms with E-state index in [9.17, 15) is 9.90 Å². The molecule has 0 amide bonds. The summed E-state index contributed by atoms with van der Waals surface area (Å²) in [6.45, 7) is 4.52. The maximum absolute atomic E-state index is 11.4. The Bertz CT molecular complexity index is 333. The summed E-state index contributed by atoms with van der Waals surface area (Å²) in [6.07, 6.45) is 29.2. The molecule has 0 heterocycles. The smallest absolute Gasteiger partial charge is 0.550 e. The molecule has 1 atom stereocenters. The summed E-state index contributed by atoms with van der Waals surface area (Å²) >= 11 is 0. The molecule has 1 unspecified atom stereocenters. The first-order chi connectivity index (χ1) is 14.2. The molecule has 0 aliphatic carbocycles. The summed E-state index contributed by atoms with van der Waals surface area (Å²) < 4.78 is 0. The van der Waals surface area contributed by atoms with Crippen LogP contribution in [0.25, 0.3) is 0 Å². The second kappa shape index (κ2) is 27.5. The van der Waals surface area contributed by atoms with Gasteiger partial charge >= 0.3 is 29.6 Å². The number of carbonyl (C=O) groups excluding carboxylic acids is 1. The molecular weight excluding hydrogens is 379 g/mol. The zero-order chi connectivity index (χ0) is 21.4. The maximum atomic E-state index is 11.4. The van der Waals surface area contributed by atoms with Crippen molar-refractivity contribution >= 4 is 5.97 Å². The molecule has 0 bridgehead atoms. The van der Waals surface area contributed by atoms with Crippen molar-refractivity contribution in [2.45, 2.75) is 162 Å². The fraction of sp³-hybridized carbons (Fsp3) is 0.963. The van der Waals surface area contributed by atoms with Crippen LogP contribution in [0.2, 0.25) is 0 Å². The topological polar surface area (TPSA) is 40.1 Å². The van der Waals surface area contributed by atoms with Gasteiger partial charge in [-0.2, -0.15) is 0 Å². The van der Waals surface area contributed by atoms with Gasteiger partial charge in [-0.1, -0.05) is 149 Å². The zero-order valence-corrected chi connectivity index (χ0v) is 23.2. The SMILES string of the molecule is CCCCCCCCCCCCCCCC(CCCCCCCCCC)C(=O)[O-].[Na+]. The van der Waals surface area contributed by atoms with Crippen LogP contribution in [-0.4, -0.2) is 5.97 Å². The Hall–Kier alpha value is 0.470. The van der Waals surface area contributed by atoms with Gasteiger partial charge in [0.05, 0.1) is 0 Å². The number of carboxylic acids is 1. The van der Waals surface area contributed by atoms with Crippen molar-refractivity contribution in [2.24, 2.45) is 5.92 Å². The Labute approximate surface area is 212 Å². The fourth-order valence-electron chi connectivity index (χ4n) is 4.31. The van der Waals surface area contributed by atoms with Crippen LogP contribution in [0.15, 0.2) is 0 Å². The van der Waals surface area contributed by atoms with E-state index in [0.717, 1.165) is 25.7 Å². The Kier molecular flexibility index (Phi) is 29.9. The molecule has 0 saturated carbocycles. The predicted octanol–water partition coefficient (Wildman–Crippen LogP) is 5.37. The van der Waals surface area contributed by atoms with Crippen molar-refractivity contribution in [1.82, 2.24) is 0 Å². The molecule has 0 aliphatic rings. The second-order valence-corrected chi connectivity index (χ2v) is 9.31. The minimum absolute atomic E-state index is 0. The van der Waals surface area contributed by atoms with E-state index in [1.807, 2.05) is 0 Å². The predicted molar refractivity (Wildman–Crippen MR) is 126 cm³/mol. The summed E-state index contributed by atoms with van der Waals surface area (Å²) in [5.41, 5.74) is 0. The van der Waals surface area contributed by atoms with Gasteiger partial charge in [0.1, 0.15) is 0 Å². The first kappa shape index (κ1) is 32.6. The third-order valence-electron chi connectivity index (χ3n) is 6.40. The van der Waals surface area contributed by atoms with Crippen molar-refractivity contribution in [1.29, 1.82) is 0 Å². The van der Waals surface area contributed by atoms with Crippen LogP contribution in [0.5, 0.6) is 0 Å². The van der Waals surface area contributed by atoms with E-state index in [0.29, 0.717) is 0 Å². The van der Waals surface area contributed by atoms with Crippen LogP contribution in [-0.2, 0) is 4.79 Å². The number of rotatable bonds is 24. The number of hydrogen-bond donors (Lipinski definition) is 0. The van der Waals surface area contributed by atoms with Crippen molar-refractivity contribution in [2.75, 3.05) is 0 Å². The largest absolute Gasteiger partial charge is 1.00 e. The van der Waals surface area contributed by atoms with Crippen molar-refractivity contribution in [3.8, 4) is 0 Å². The Balaban J connectivity index is 0. The third kappa shape index (κ3) is 24.7. The molecule has 0 fully saturated rings. The molecule has 30 heavy (non-hydrogen) atoms. The normalized spacial score (nSPS) is 11.9. The molecule has 0 aromatic rings. The van der Waals surface area contributed by atoms with E-state index >= 15 is 0 Å². The number of unbranched alkanes of at least 4 members (excludes halogenated alkanes) is 19. The molecule has 0 spiro atoms. The van der Waals surface area contributed by atoms with Crippen molar-refractivity contribution in [3.05, 3.63) is 0 Å². The molecule has 0 radical (unpaired) electrons. The average Bonchev–Trinajstić information content (AvgIpc) is 2.71. The maximum Gasteiger partial charge on any atom is 1.00 e. The summed E-state index contributed by atoms with van der Waals surface area (Å²) in [5.74, 6) is -1.02. The van der Waals surface area contributed by atoms with Gasteiger partial charge in [-0.25, -0.2) is 0 Å². The standard InChI is InChI=1S/C27H54O2.Na/c1-3-5-7-9-11-13-14-15-16-17-19-21-23-25-26(27(28)29)24-22-20-18-12-10-8-6-4-2;/h26H,3-25H2,1-2H3,(H,28,29);/q;+1/p-1. The van der Waals surface area contributed by atoms with Crippen LogP contribution in [0.4, 0.5) is 0 Å². The minimum Gasteiger partial charge on any atom is -0.550 e. The zero-order valence-electron chi connectivity index (χ0n) is 21.2. The fourth-order valence-corrected chi connectivity index (χ4v) is 4.31. The molecule has 174 valence electrons. The van der Waals surface area contributed by atoms with Crippen LogP contribution >= 0.6 is 0 Å². The Morgan fingerprint density at radius 2 is 0.733 bits per heavy atom. The summed E-state index contributed by atoms with van der Waals surface area (Å²) in [4.78, 5) is 11.4.